The summed E-state index contributed by atoms with van der Waals surface area (Å²) >= 11 is 12.0. The summed E-state index contributed by atoms with van der Waals surface area (Å²) in [5.41, 5.74) is 0.937. The number of nitrogens with zero attached hydrogens (tertiary/aromatic N) is 2. The summed E-state index contributed by atoms with van der Waals surface area (Å²) in [4.78, 5) is 4.43. The van der Waals surface area contributed by atoms with Crippen molar-refractivity contribution < 1.29 is 4.52 Å². The Morgan fingerprint density at radius 1 is 1.29 bits per heavy atom. The van der Waals surface area contributed by atoms with Gasteiger partial charge in [0.05, 0.1) is 0 Å². The van der Waals surface area contributed by atoms with Gasteiger partial charge in [0, 0.05) is 28.9 Å². The number of nitrogens with one attached hydrogen (secondary N) is 1. The van der Waals surface area contributed by atoms with Crippen molar-refractivity contribution in [2.75, 3.05) is 6.54 Å². The van der Waals surface area contributed by atoms with Crippen molar-refractivity contribution in [3.63, 3.8) is 0 Å². The first-order valence-corrected chi connectivity index (χ1v) is 7.86. The Labute approximate surface area is 134 Å². The normalized spacial score (nSPS) is 12.6. The molecule has 0 aliphatic carbocycles. The van der Waals surface area contributed by atoms with E-state index in [1.807, 2.05) is 12.1 Å². The highest BCUT2D eigenvalue weighted by Crippen LogP contribution is 2.22. The smallest absolute Gasteiger partial charge is 0.228 e. The summed E-state index contributed by atoms with van der Waals surface area (Å²) in [6, 6.07) is 5.77. The van der Waals surface area contributed by atoms with Crippen LogP contribution in [0.2, 0.25) is 10.0 Å². The van der Waals surface area contributed by atoms with Crippen LogP contribution in [0.25, 0.3) is 0 Å². The molecular formula is C15H19Cl2N3O. The minimum absolute atomic E-state index is 0.363. The Balaban J connectivity index is 2.02. The fourth-order valence-corrected chi connectivity index (χ4v) is 2.62. The fourth-order valence-electron chi connectivity index (χ4n) is 2.14. The van der Waals surface area contributed by atoms with Crippen molar-refractivity contribution >= 4 is 23.2 Å². The van der Waals surface area contributed by atoms with Crippen molar-refractivity contribution in [2.24, 2.45) is 0 Å². The van der Waals surface area contributed by atoms with Gasteiger partial charge in [-0.15, -0.1) is 0 Å². The van der Waals surface area contributed by atoms with Crippen LogP contribution in [0.15, 0.2) is 22.7 Å². The molecule has 0 saturated heterocycles. The number of likely N-dealkylation sites (N-methyl/N-ethyl adjacent to an activating group) is 1. The molecule has 1 unspecified atom stereocenters. The van der Waals surface area contributed by atoms with Gasteiger partial charge in [0.2, 0.25) is 5.89 Å². The average Bonchev–Trinajstić information content (AvgIpc) is 2.89. The van der Waals surface area contributed by atoms with Gasteiger partial charge >= 0.3 is 0 Å². The highest BCUT2D eigenvalue weighted by Gasteiger charge is 2.13. The Morgan fingerprint density at radius 2 is 2.10 bits per heavy atom. The van der Waals surface area contributed by atoms with Gasteiger partial charge in [-0.2, -0.15) is 4.98 Å². The van der Waals surface area contributed by atoms with Crippen LogP contribution in [0.1, 0.15) is 37.5 Å². The van der Waals surface area contributed by atoms with Crippen LogP contribution < -0.4 is 5.32 Å². The van der Waals surface area contributed by atoms with Gasteiger partial charge in [0.15, 0.2) is 5.82 Å². The molecule has 1 N–H and O–H groups in total. The molecule has 0 fully saturated rings. The first-order chi connectivity index (χ1) is 10.1. The van der Waals surface area contributed by atoms with Crippen LogP contribution in [-0.2, 0) is 12.8 Å². The van der Waals surface area contributed by atoms with E-state index in [1.165, 1.54) is 0 Å². The van der Waals surface area contributed by atoms with E-state index in [2.05, 4.69) is 29.3 Å². The second kappa shape index (κ2) is 7.78. The minimum atomic E-state index is 0.363. The summed E-state index contributed by atoms with van der Waals surface area (Å²) in [5.74, 6) is 1.29. The standard InChI is InChI=1S/C15H19Cl2N3O/c1-3-12(18-4-2)9-15-19-14(20-21-15)7-10-5-6-11(16)8-13(10)17/h5-6,8,12,18H,3-4,7,9H2,1-2H3. The monoisotopic (exact) mass is 327 g/mol. The van der Waals surface area contributed by atoms with Crippen molar-refractivity contribution in [1.29, 1.82) is 0 Å². The predicted molar refractivity (Wildman–Crippen MR) is 85.0 cm³/mol. The number of hydrogen-bond donors (Lipinski definition) is 1. The zero-order valence-corrected chi connectivity index (χ0v) is 13.7. The second-order valence-electron chi connectivity index (χ2n) is 4.88. The van der Waals surface area contributed by atoms with E-state index in [9.17, 15) is 0 Å². The number of aromatic nitrogens is 2. The molecule has 1 heterocycles. The molecule has 0 spiro atoms. The van der Waals surface area contributed by atoms with Gasteiger partial charge in [-0.25, -0.2) is 0 Å². The largest absolute Gasteiger partial charge is 0.339 e. The molecule has 1 aromatic heterocycles. The van der Waals surface area contributed by atoms with Gasteiger partial charge in [0.25, 0.3) is 0 Å². The van der Waals surface area contributed by atoms with Gasteiger partial charge in [-0.05, 0) is 30.7 Å². The first kappa shape index (κ1) is 16.3. The summed E-state index contributed by atoms with van der Waals surface area (Å²) in [6.45, 7) is 5.16. The zero-order chi connectivity index (χ0) is 15.2. The molecule has 4 nitrogen and oxygen atoms in total. The molecule has 0 aliphatic rings. The fraction of sp³-hybridized carbons (Fsp3) is 0.467. The van der Waals surface area contributed by atoms with Gasteiger partial charge in [-0.1, -0.05) is 48.3 Å². The van der Waals surface area contributed by atoms with Crippen molar-refractivity contribution in [3.8, 4) is 0 Å². The van der Waals surface area contributed by atoms with Crippen LogP contribution in [0.4, 0.5) is 0 Å². The third-order valence-electron chi connectivity index (χ3n) is 3.28. The molecule has 0 saturated carbocycles. The Hall–Kier alpha value is -1.10. The van der Waals surface area contributed by atoms with E-state index in [0.29, 0.717) is 34.2 Å². The maximum Gasteiger partial charge on any atom is 0.228 e. The summed E-state index contributed by atoms with van der Waals surface area (Å²) in [6.07, 6.45) is 2.30. The number of rotatable bonds is 7. The first-order valence-electron chi connectivity index (χ1n) is 7.11. The molecule has 6 heteroatoms. The second-order valence-corrected chi connectivity index (χ2v) is 5.73. The van der Waals surface area contributed by atoms with E-state index in [4.69, 9.17) is 27.7 Å². The average molecular weight is 328 g/mol. The molecule has 0 aliphatic heterocycles. The van der Waals surface area contributed by atoms with Gasteiger partial charge in [-0.3, -0.25) is 0 Å². The van der Waals surface area contributed by atoms with Crippen LogP contribution in [0, 0.1) is 0 Å². The topological polar surface area (TPSA) is 51.0 Å². The molecule has 2 rings (SSSR count). The van der Waals surface area contributed by atoms with Crippen molar-refractivity contribution in [3.05, 3.63) is 45.5 Å². The number of hydrogen-bond acceptors (Lipinski definition) is 4. The van der Waals surface area contributed by atoms with Crippen LogP contribution in [0.3, 0.4) is 0 Å². The molecule has 1 atom stereocenters. The Kier molecular flexibility index (Phi) is 6.03. The van der Waals surface area contributed by atoms with E-state index in [-0.39, 0.29) is 0 Å². The maximum absolute atomic E-state index is 6.15. The third kappa shape index (κ3) is 4.70. The van der Waals surface area contributed by atoms with Crippen LogP contribution in [-0.4, -0.2) is 22.7 Å². The van der Waals surface area contributed by atoms with E-state index in [1.54, 1.807) is 6.07 Å². The van der Waals surface area contributed by atoms with Crippen molar-refractivity contribution in [2.45, 2.75) is 39.2 Å². The van der Waals surface area contributed by atoms with Crippen LogP contribution in [0.5, 0.6) is 0 Å². The third-order valence-corrected chi connectivity index (χ3v) is 3.87. The van der Waals surface area contributed by atoms with Gasteiger partial charge < -0.3 is 9.84 Å². The van der Waals surface area contributed by atoms with E-state index < -0.39 is 0 Å². The highest BCUT2D eigenvalue weighted by molar-refractivity contribution is 6.35. The summed E-state index contributed by atoms with van der Waals surface area (Å²) in [7, 11) is 0. The van der Waals surface area contributed by atoms with Gasteiger partial charge in [0.1, 0.15) is 0 Å². The summed E-state index contributed by atoms with van der Waals surface area (Å²) in [5, 5.41) is 8.65. The quantitative estimate of drug-likeness (QED) is 0.837. The molecular weight excluding hydrogens is 309 g/mol. The van der Waals surface area contributed by atoms with E-state index in [0.717, 1.165) is 24.9 Å². The highest BCUT2D eigenvalue weighted by atomic mass is 35.5. The molecule has 21 heavy (non-hydrogen) atoms. The Bertz CT molecular complexity index is 586. The minimum Gasteiger partial charge on any atom is -0.339 e. The molecule has 114 valence electrons. The lowest BCUT2D eigenvalue weighted by molar-refractivity contribution is 0.352. The Morgan fingerprint density at radius 3 is 2.76 bits per heavy atom. The van der Waals surface area contributed by atoms with E-state index >= 15 is 0 Å². The molecule has 0 amide bonds. The number of benzene rings is 1. The molecule has 2 aromatic rings. The lowest BCUT2D eigenvalue weighted by Gasteiger charge is -2.12. The number of halogens is 2. The maximum atomic E-state index is 6.15. The van der Waals surface area contributed by atoms with Crippen molar-refractivity contribution in [1.82, 2.24) is 15.5 Å². The molecule has 0 bridgehead atoms. The zero-order valence-electron chi connectivity index (χ0n) is 12.2. The lowest BCUT2D eigenvalue weighted by Crippen LogP contribution is -2.30. The van der Waals surface area contributed by atoms with Crippen LogP contribution >= 0.6 is 23.2 Å². The molecule has 1 aromatic carbocycles. The SMILES string of the molecule is CCNC(CC)Cc1nc(Cc2ccc(Cl)cc2Cl)no1. The molecule has 0 radical (unpaired) electrons. The summed E-state index contributed by atoms with van der Waals surface area (Å²) < 4.78 is 5.31. The lowest BCUT2D eigenvalue weighted by atomic mass is 10.1. The predicted octanol–water partition coefficient (Wildman–Crippen LogP) is 3.90.